The van der Waals surface area contributed by atoms with Gasteiger partial charge in [-0.3, -0.25) is 0 Å². The topological polar surface area (TPSA) is 0 Å². The Morgan fingerprint density at radius 2 is 1.50 bits per heavy atom. The molecule has 0 unspecified atom stereocenters. The number of halogens is 6. The molecule has 0 saturated heterocycles. The maximum atomic E-state index is 12.8. The third kappa shape index (κ3) is 1.69. The number of benzene rings is 1. The lowest BCUT2D eigenvalue weighted by Crippen LogP contribution is -2.11. The van der Waals surface area contributed by atoms with Gasteiger partial charge in [-0.25, -0.2) is 13.2 Å². The molecule has 0 aromatic heterocycles. The van der Waals surface area contributed by atoms with Gasteiger partial charge in [-0.2, -0.15) is 13.2 Å². The second-order valence-corrected chi connectivity index (χ2v) is 2.66. The minimum atomic E-state index is -5.02. The summed E-state index contributed by atoms with van der Waals surface area (Å²) in [5, 5.41) is 0. The number of rotatable bonds is 0. The zero-order valence-electron chi connectivity index (χ0n) is 6.85. The average Bonchev–Trinajstić information content (AvgIpc) is 2.06. The van der Waals surface area contributed by atoms with E-state index < -0.39 is 34.8 Å². The molecule has 0 spiro atoms. The van der Waals surface area contributed by atoms with Gasteiger partial charge in [-0.1, -0.05) is 0 Å². The van der Waals surface area contributed by atoms with E-state index in [9.17, 15) is 26.3 Å². The number of hydrogen-bond donors (Lipinski definition) is 0. The van der Waals surface area contributed by atoms with E-state index in [-0.39, 0.29) is 6.07 Å². The molecule has 6 heteroatoms. The summed E-state index contributed by atoms with van der Waals surface area (Å²) in [4.78, 5) is 0. The Balaban J connectivity index is 3.49. The van der Waals surface area contributed by atoms with Crippen LogP contribution in [0.1, 0.15) is 11.1 Å². The minimum Gasteiger partial charge on any atom is -0.206 e. The first-order chi connectivity index (χ1) is 6.25. The predicted octanol–water partition coefficient (Wildman–Crippen LogP) is 3.43. The normalized spacial score (nSPS) is 11.9. The van der Waals surface area contributed by atoms with E-state index >= 15 is 0 Å². The maximum absolute atomic E-state index is 12.8. The Morgan fingerprint density at radius 1 is 1.00 bits per heavy atom. The minimum absolute atomic E-state index is 0.197. The summed E-state index contributed by atoms with van der Waals surface area (Å²) in [5.41, 5.74) is -2.77. The summed E-state index contributed by atoms with van der Waals surface area (Å²) in [6.07, 6.45) is -5.02. The van der Waals surface area contributed by atoms with Crippen LogP contribution in [-0.4, -0.2) is 0 Å². The molecule has 0 heterocycles. The number of hydrogen-bond acceptors (Lipinski definition) is 0. The van der Waals surface area contributed by atoms with Crippen molar-refractivity contribution >= 4 is 0 Å². The molecule has 1 aromatic carbocycles. The summed E-state index contributed by atoms with van der Waals surface area (Å²) in [6.45, 7) is 0.739. The molecule has 0 aliphatic heterocycles. The van der Waals surface area contributed by atoms with Crippen molar-refractivity contribution in [1.82, 2.24) is 0 Å². The van der Waals surface area contributed by atoms with E-state index in [1.165, 1.54) is 0 Å². The highest BCUT2D eigenvalue weighted by Crippen LogP contribution is 2.33. The van der Waals surface area contributed by atoms with Crippen molar-refractivity contribution in [3.05, 3.63) is 34.6 Å². The van der Waals surface area contributed by atoms with Gasteiger partial charge in [0.05, 0.1) is 5.56 Å². The monoisotopic (exact) mass is 214 g/mol. The van der Waals surface area contributed by atoms with Crippen LogP contribution in [0.15, 0.2) is 6.07 Å². The summed E-state index contributed by atoms with van der Waals surface area (Å²) in [6, 6.07) is -0.197. The quantitative estimate of drug-likeness (QED) is 0.458. The molecular weight excluding hydrogens is 210 g/mol. The zero-order chi connectivity index (χ0) is 11.1. The molecule has 0 atom stereocenters. The summed E-state index contributed by atoms with van der Waals surface area (Å²) >= 11 is 0. The highest BCUT2D eigenvalue weighted by molar-refractivity contribution is 5.29. The molecule has 0 amide bonds. The van der Waals surface area contributed by atoms with Crippen molar-refractivity contribution in [3.63, 3.8) is 0 Å². The molecule has 0 radical (unpaired) electrons. The van der Waals surface area contributed by atoms with E-state index in [0.717, 1.165) is 6.92 Å². The third-order valence-corrected chi connectivity index (χ3v) is 1.68. The van der Waals surface area contributed by atoms with Crippen LogP contribution < -0.4 is 0 Å². The third-order valence-electron chi connectivity index (χ3n) is 1.68. The van der Waals surface area contributed by atoms with Crippen molar-refractivity contribution in [1.29, 1.82) is 0 Å². The Morgan fingerprint density at radius 3 is 1.93 bits per heavy atom. The fourth-order valence-corrected chi connectivity index (χ4v) is 0.937. The van der Waals surface area contributed by atoms with Crippen LogP contribution in [0, 0.1) is 24.4 Å². The molecule has 0 aliphatic carbocycles. The highest BCUT2D eigenvalue weighted by atomic mass is 19.4. The Bertz CT molecular complexity index is 365. The van der Waals surface area contributed by atoms with Crippen molar-refractivity contribution in [3.8, 4) is 0 Å². The van der Waals surface area contributed by atoms with Crippen molar-refractivity contribution in [2.45, 2.75) is 13.1 Å². The van der Waals surface area contributed by atoms with Crippen LogP contribution in [0.4, 0.5) is 26.3 Å². The molecule has 14 heavy (non-hydrogen) atoms. The first-order valence-electron chi connectivity index (χ1n) is 3.46. The second-order valence-electron chi connectivity index (χ2n) is 2.66. The van der Waals surface area contributed by atoms with E-state index in [1.54, 1.807) is 0 Å². The lowest BCUT2D eigenvalue weighted by atomic mass is 10.1. The SMILES string of the molecule is Cc1c(F)c(F)cc(C(F)(F)F)c1F. The van der Waals surface area contributed by atoms with Gasteiger partial charge in [-0.05, 0) is 13.0 Å². The van der Waals surface area contributed by atoms with Crippen LogP contribution in [0.25, 0.3) is 0 Å². The van der Waals surface area contributed by atoms with Gasteiger partial charge >= 0.3 is 6.18 Å². The van der Waals surface area contributed by atoms with Gasteiger partial charge in [-0.15, -0.1) is 0 Å². The van der Waals surface area contributed by atoms with Gasteiger partial charge in [0.2, 0.25) is 0 Å². The van der Waals surface area contributed by atoms with E-state index in [2.05, 4.69) is 0 Å². The first-order valence-corrected chi connectivity index (χ1v) is 3.46. The molecular formula is C8H4F6. The van der Waals surface area contributed by atoms with Crippen LogP contribution in [0.3, 0.4) is 0 Å². The van der Waals surface area contributed by atoms with Crippen molar-refractivity contribution < 1.29 is 26.3 Å². The van der Waals surface area contributed by atoms with Gasteiger partial charge in [0.25, 0.3) is 0 Å². The Hall–Kier alpha value is -1.20. The van der Waals surface area contributed by atoms with Crippen LogP contribution in [0.5, 0.6) is 0 Å². The van der Waals surface area contributed by atoms with Crippen molar-refractivity contribution in [2.24, 2.45) is 0 Å². The molecule has 0 saturated carbocycles. The van der Waals surface area contributed by atoms with Gasteiger partial charge in [0.1, 0.15) is 5.82 Å². The molecule has 1 rings (SSSR count). The Labute approximate surface area is 75.2 Å². The molecule has 78 valence electrons. The smallest absolute Gasteiger partial charge is 0.206 e. The van der Waals surface area contributed by atoms with Gasteiger partial charge < -0.3 is 0 Å². The lowest BCUT2D eigenvalue weighted by Gasteiger charge is -2.10. The molecule has 1 aromatic rings. The zero-order valence-corrected chi connectivity index (χ0v) is 6.85. The number of alkyl halides is 3. The average molecular weight is 214 g/mol. The van der Waals surface area contributed by atoms with Gasteiger partial charge in [0, 0.05) is 5.56 Å². The van der Waals surface area contributed by atoms with E-state index in [0.29, 0.717) is 0 Å². The van der Waals surface area contributed by atoms with Crippen LogP contribution in [-0.2, 0) is 6.18 Å². The second kappa shape index (κ2) is 3.18. The summed E-state index contributed by atoms with van der Waals surface area (Å²) < 4.78 is 73.9. The molecule has 0 nitrogen and oxygen atoms in total. The first kappa shape index (κ1) is 10.9. The van der Waals surface area contributed by atoms with Crippen LogP contribution >= 0.6 is 0 Å². The molecule has 0 aliphatic rings. The summed E-state index contributed by atoms with van der Waals surface area (Å²) in [5.74, 6) is -5.09. The molecule has 0 fully saturated rings. The Kier molecular flexibility index (Phi) is 2.47. The molecule has 0 N–H and O–H groups in total. The predicted molar refractivity (Wildman–Crippen MR) is 36.1 cm³/mol. The van der Waals surface area contributed by atoms with E-state index in [1.807, 2.05) is 0 Å². The van der Waals surface area contributed by atoms with Crippen molar-refractivity contribution in [2.75, 3.05) is 0 Å². The summed E-state index contributed by atoms with van der Waals surface area (Å²) in [7, 11) is 0. The van der Waals surface area contributed by atoms with Gasteiger partial charge in [0.15, 0.2) is 11.6 Å². The highest BCUT2D eigenvalue weighted by Gasteiger charge is 2.36. The molecule has 0 bridgehead atoms. The van der Waals surface area contributed by atoms with Crippen LogP contribution in [0.2, 0.25) is 0 Å². The van der Waals surface area contributed by atoms with E-state index in [4.69, 9.17) is 0 Å². The fraction of sp³-hybridized carbons (Fsp3) is 0.250. The lowest BCUT2D eigenvalue weighted by molar-refractivity contribution is -0.140. The fourth-order valence-electron chi connectivity index (χ4n) is 0.937. The largest absolute Gasteiger partial charge is 0.419 e. The standard InChI is InChI=1S/C8H4F6/c1-3-6(10)4(8(12,13)14)2-5(9)7(3)11/h2H,1H3. The maximum Gasteiger partial charge on any atom is 0.419 e.